The number of benzene rings is 1. The van der Waals surface area contributed by atoms with Crippen LogP contribution in [0.1, 0.15) is 5.56 Å². The number of piperazine rings is 1. The number of rotatable bonds is 6. The molecule has 0 radical (unpaired) electrons. The first-order chi connectivity index (χ1) is 12.5. The smallest absolute Gasteiger partial charge is 0.275 e. The fourth-order valence-electron chi connectivity index (χ4n) is 2.88. The Bertz CT molecular complexity index is 848. The summed E-state index contributed by atoms with van der Waals surface area (Å²) in [5, 5.41) is 4.47. The van der Waals surface area contributed by atoms with Crippen molar-refractivity contribution in [2.45, 2.75) is 10.8 Å². The average molecular weight is 399 g/mol. The highest BCUT2D eigenvalue weighted by atomic mass is 32.2. The van der Waals surface area contributed by atoms with Crippen molar-refractivity contribution in [1.29, 1.82) is 0 Å². The first kappa shape index (κ1) is 19.0. The normalized spacial score (nSPS) is 16.5. The molecule has 0 atom stereocenters. The molecule has 0 aliphatic carbocycles. The van der Waals surface area contributed by atoms with Gasteiger partial charge in [0.1, 0.15) is 10.0 Å². The molecule has 0 saturated carbocycles. The number of amides is 1. The van der Waals surface area contributed by atoms with Gasteiger partial charge in [-0.2, -0.15) is 4.31 Å². The highest BCUT2D eigenvalue weighted by Gasteiger charge is 2.31. The van der Waals surface area contributed by atoms with E-state index in [2.05, 4.69) is 5.32 Å². The number of quaternary nitrogens is 1. The molecule has 9 heteroatoms. The molecule has 0 unspecified atom stereocenters. The fraction of sp³-hybridized carbons (Fsp3) is 0.353. The van der Waals surface area contributed by atoms with Gasteiger partial charge in [0, 0.05) is 12.1 Å². The van der Waals surface area contributed by atoms with Gasteiger partial charge in [-0.25, -0.2) is 12.8 Å². The Balaban J connectivity index is 1.47. The van der Waals surface area contributed by atoms with Crippen LogP contribution in [0.3, 0.4) is 0 Å². The monoisotopic (exact) mass is 398 g/mol. The Kier molecular flexibility index (Phi) is 6.02. The van der Waals surface area contributed by atoms with Crippen LogP contribution >= 0.6 is 11.3 Å². The molecule has 1 aliphatic rings. The standard InChI is InChI=1S/C17H20FN3O3S2/c18-15-5-2-1-4-14(15)12-19-16(22)13-20-7-9-21(10-8-20)26(23,24)17-6-3-11-25-17/h1-6,11H,7-10,12-13H2,(H,19,22)/p+1. The molecule has 1 saturated heterocycles. The number of hydrogen-bond donors (Lipinski definition) is 2. The van der Waals surface area contributed by atoms with Gasteiger partial charge in [0.15, 0.2) is 6.54 Å². The number of carbonyl (C=O) groups is 1. The molecule has 2 heterocycles. The lowest BCUT2D eigenvalue weighted by molar-refractivity contribution is -0.895. The minimum absolute atomic E-state index is 0.150. The summed E-state index contributed by atoms with van der Waals surface area (Å²) in [7, 11) is -3.43. The summed E-state index contributed by atoms with van der Waals surface area (Å²) < 4.78 is 40.3. The molecular weight excluding hydrogens is 377 g/mol. The molecule has 0 spiro atoms. The molecule has 1 aliphatic heterocycles. The Labute approximate surface area is 156 Å². The predicted octanol–water partition coefficient (Wildman–Crippen LogP) is 0.0928. The predicted molar refractivity (Wildman–Crippen MR) is 96.9 cm³/mol. The van der Waals surface area contributed by atoms with E-state index < -0.39 is 10.0 Å². The van der Waals surface area contributed by atoms with Gasteiger partial charge in [0.05, 0.1) is 26.2 Å². The van der Waals surface area contributed by atoms with Crippen molar-refractivity contribution in [3.8, 4) is 0 Å². The minimum Gasteiger partial charge on any atom is -0.347 e. The van der Waals surface area contributed by atoms with E-state index in [0.717, 1.165) is 4.90 Å². The van der Waals surface area contributed by atoms with Crippen LogP contribution in [0.2, 0.25) is 0 Å². The van der Waals surface area contributed by atoms with Crippen LogP contribution in [0, 0.1) is 5.82 Å². The Hall–Kier alpha value is -1.81. The van der Waals surface area contributed by atoms with Gasteiger partial charge >= 0.3 is 0 Å². The van der Waals surface area contributed by atoms with E-state index >= 15 is 0 Å². The van der Waals surface area contributed by atoms with Crippen LogP contribution in [0.25, 0.3) is 0 Å². The molecule has 0 bridgehead atoms. The van der Waals surface area contributed by atoms with Gasteiger partial charge in [0.25, 0.3) is 15.9 Å². The summed E-state index contributed by atoms with van der Waals surface area (Å²) >= 11 is 1.21. The van der Waals surface area contributed by atoms with Gasteiger partial charge in [-0.3, -0.25) is 4.79 Å². The summed E-state index contributed by atoms with van der Waals surface area (Å²) in [5.74, 6) is -0.509. The zero-order valence-electron chi connectivity index (χ0n) is 14.2. The average Bonchev–Trinajstić information content (AvgIpc) is 3.17. The summed E-state index contributed by atoms with van der Waals surface area (Å²) in [6.07, 6.45) is 0. The molecule has 2 aromatic rings. The Morgan fingerprint density at radius 2 is 1.92 bits per heavy atom. The molecular formula is C17H21FN3O3S2+. The zero-order valence-corrected chi connectivity index (χ0v) is 15.8. The molecule has 1 amide bonds. The van der Waals surface area contributed by atoms with Crippen molar-refractivity contribution in [1.82, 2.24) is 9.62 Å². The van der Waals surface area contributed by atoms with E-state index in [1.54, 1.807) is 35.7 Å². The van der Waals surface area contributed by atoms with Crippen molar-refractivity contribution in [2.24, 2.45) is 0 Å². The zero-order chi connectivity index (χ0) is 18.6. The van der Waals surface area contributed by atoms with Crippen molar-refractivity contribution in [2.75, 3.05) is 32.7 Å². The molecule has 6 nitrogen and oxygen atoms in total. The summed E-state index contributed by atoms with van der Waals surface area (Å²) in [6.45, 7) is 2.31. The molecule has 140 valence electrons. The van der Waals surface area contributed by atoms with Crippen LogP contribution in [-0.4, -0.2) is 51.4 Å². The quantitative estimate of drug-likeness (QED) is 0.725. The largest absolute Gasteiger partial charge is 0.347 e. The SMILES string of the molecule is O=C(C[NH+]1CCN(S(=O)(=O)c2cccs2)CC1)NCc1ccccc1F. The van der Waals surface area contributed by atoms with Gasteiger partial charge in [-0.15, -0.1) is 11.3 Å². The number of carbonyl (C=O) groups excluding carboxylic acids is 1. The van der Waals surface area contributed by atoms with Gasteiger partial charge in [0.2, 0.25) is 0 Å². The first-order valence-corrected chi connectivity index (χ1v) is 10.7. The maximum atomic E-state index is 13.6. The molecule has 1 aromatic heterocycles. The molecule has 1 fully saturated rings. The van der Waals surface area contributed by atoms with E-state index in [1.807, 2.05) is 0 Å². The van der Waals surface area contributed by atoms with Crippen LogP contribution in [-0.2, 0) is 21.4 Å². The second-order valence-corrected chi connectivity index (χ2v) is 9.24. The lowest BCUT2D eigenvalue weighted by atomic mass is 10.2. The second kappa shape index (κ2) is 8.26. The van der Waals surface area contributed by atoms with Crippen molar-refractivity contribution >= 4 is 27.3 Å². The maximum absolute atomic E-state index is 13.6. The summed E-state index contributed by atoms with van der Waals surface area (Å²) in [5.41, 5.74) is 0.447. The number of sulfonamides is 1. The summed E-state index contributed by atoms with van der Waals surface area (Å²) in [6, 6.07) is 9.66. The minimum atomic E-state index is -3.43. The highest BCUT2D eigenvalue weighted by Crippen LogP contribution is 2.20. The summed E-state index contributed by atoms with van der Waals surface area (Å²) in [4.78, 5) is 13.1. The molecule has 3 rings (SSSR count). The second-order valence-electron chi connectivity index (χ2n) is 6.13. The van der Waals surface area contributed by atoms with Crippen molar-refractivity contribution in [3.05, 3.63) is 53.2 Å². The molecule has 2 N–H and O–H groups in total. The first-order valence-electron chi connectivity index (χ1n) is 8.34. The van der Waals surface area contributed by atoms with Crippen molar-refractivity contribution in [3.63, 3.8) is 0 Å². The number of nitrogens with zero attached hydrogens (tertiary/aromatic N) is 1. The highest BCUT2D eigenvalue weighted by molar-refractivity contribution is 7.91. The number of hydrogen-bond acceptors (Lipinski definition) is 4. The van der Waals surface area contributed by atoms with E-state index in [-0.39, 0.29) is 24.8 Å². The van der Waals surface area contributed by atoms with Crippen LogP contribution in [0.4, 0.5) is 4.39 Å². The van der Waals surface area contributed by atoms with Gasteiger partial charge < -0.3 is 10.2 Å². The lowest BCUT2D eigenvalue weighted by Crippen LogP contribution is -3.15. The lowest BCUT2D eigenvalue weighted by Gasteiger charge is -2.30. The van der Waals surface area contributed by atoms with E-state index in [1.165, 1.54) is 21.7 Å². The third-order valence-electron chi connectivity index (χ3n) is 4.36. The topological polar surface area (TPSA) is 70.9 Å². The van der Waals surface area contributed by atoms with Crippen molar-refractivity contribution < 1.29 is 22.5 Å². The van der Waals surface area contributed by atoms with E-state index in [9.17, 15) is 17.6 Å². The van der Waals surface area contributed by atoms with Crippen LogP contribution in [0.5, 0.6) is 0 Å². The fourth-order valence-corrected chi connectivity index (χ4v) is 5.47. The molecule has 1 aromatic carbocycles. The Morgan fingerprint density at radius 1 is 1.19 bits per heavy atom. The van der Waals surface area contributed by atoms with Crippen LogP contribution in [0.15, 0.2) is 46.0 Å². The van der Waals surface area contributed by atoms with Crippen LogP contribution < -0.4 is 10.2 Å². The number of halogens is 1. The maximum Gasteiger partial charge on any atom is 0.275 e. The molecule has 26 heavy (non-hydrogen) atoms. The Morgan fingerprint density at radius 3 is 2.58 bits per heavy atom. The third kappa shape index (κ3) is 4.47. The third-order valence-corrected chi connectivity index (χ3v) is 7.63. The van der Waals surface area contributed by atoms with Gasteiger partial charge in [-0.1, -0.05) is 24.3 Å². The van der Waals surface area contributed by atoms with E-state index in [0.29, 0.717) is 36.0 Å². The number of thiophene rings is 1. The van der Waals surface area contributed by atoms with Gasteiger partial charge in [-0.05, 0) is 17.5 Å². The number of nitrogens with one attached hydrogen (secondary N) is 2. The van der Waals surface area contributed by atoms with E-state index in [4.69, 9.17) is 0 Å².